The Bertz CT molecular complexity index is 1190. The fourth-order valence-electron chi connectivity index (χ4n) is 4.12. The van der Waals surface area contributed by atoms with Gasteiger partial charge in [-0.3, -0.25) is 4.98 Å². The Kier molecular flexibility index (Phi) is 4.91. The lowest BCUT2D eigenvalue weighted by Gasteiger charge is -2.32. The number of sulfonamides is 1. The van der Waals surface area contributed by atoms with Crippen molar-refractivity contribution in [2.45, 2.75) is 37.0 Å². The van der Waals surface area contributed by atoms with Gasteiger partial charge in [-0.15, -0.1) is 0 Å². The minimum absolute atomic E-state index is 0.158. The van der Waals surface area contributed by atoms with Crippen LogP contribution in [0.25, 0.3) is 21.9 Å². The highest BCUT2D eigenvalue weighted by atomic mass is 32.2. The van der Waals surface area contributed by atoms with Crippen molar-refractivity contribution in [3.63, 3.8) is 0 Å². The number of pyridine rings is 2. The number of piperidine rings is 1. The van der Waals surface area contributed by atoms with Crippen molar-refractivity contribution in [1.82, 2.24) is 14.3 Å². The third-order valence-electron chi connectivity index (χ3n) is 5.93. The molecule has 5 rings (SSSR count). The molecular weight excluding hydrogens is 403 g/mol. The number of nitrogens with one attached hydrogen (secondary N) is 1. The van der Waals surface area contributed by atoms with Crippen molar-refractivity contribution < 1.29 is 12.8 Å². The summed E-state index contributed by atoms with van der Waals surface area (Å²) < 4.78 is 40.3. The molecule has 2 aromatic heterocycles. The van der Waals surface area contributed by atoms with Gasteiger partial charge in [-0.25, -0.2) is 17.7 Å². The minimum Gasteiger partial charge on any atom is -0.382 e. The Morgan fingerprint density at radius 3 is 2.53 bits per heavy atom. The zero-order chi connectivity index (χ0) is 20.7. The average Bonchev–Trinajstić information content (AvgIpc) is 3.60. The topological polar surface area (TPSA) is 75.2 Å². The lowest BCUT2D eigenvalue weighted by molar-refractivity contribution is 0.329. The van der Waals surface area contributed by atoms with E-state index in [2.05, 4.69) is 15.3 Å². The fraction of sp³-hybridized carbons (Fsp3) is 0.364. The zero-order valence-corrected chi connectivity index (χ0v) is 17.3. The van der Waals surface area contributed by atoms with Crippen molar-refractivity contribution in [3.8, 4) is 11.1 Å². The first-order valence-corrected chi connectivity index (χ1v) is 11.8. The van der Waals surface area contributed by atoms with E-state index in [1.54, 1.807) is 16.6 Å². The molecule has 1 saturated heterocycles. The molecule has 0 bridgehead atoms. The summed E-state index contributed by atoms with van der Waals surface area (Å²) in [6.07, 6.45) is 8.11. The van der Waals surface area contributed by atoms with Crippen LogP contribution in [0.1, 0.15) is 25.7 Å². The van der Waals surface area contributed by atoms with Gasteiger partial charge in [0.2, 0.25) is 16.0 Å². The van der Waals surface area contributed by atoms with Crippen molar-refractivity contribution in [1.29, 1.82) is 0 Å². The highest BCUT2D eigenvalue weighted by Gasteiger charge is 2.41. The van der Waals surface area contributed by atoms with Crippen LogP contribution >= 0.6 is 0 Å². The second-order valence-electron chi connectivity index (χ2n) is 8.05. The van der Waals surface area contributed by atoms with Crippen LogP contribution in [0, 0.1) is 5.95 Å². The molecule has 6 nitrogen and oxygen atoms in total. The average molecular weight is 427 g/mol. The number of benzene rings is 1. The number of hydrogen-bond donors (Lipinski definition) is 1. The number of hydrogen-bond acceptors (Lipinski definition) is 5. The fourth-order valence-corrected chi connectivity index (χ4v) is 5.99. The third-order valence-corrected chi connectivity index (χ3v) is 8.33. The Labute approximate surface area is 175 Å². The summed E-state index contributed by atoms with van der Waals surface area (Å²) in [7, 11) is -3.11. The second-order valence-corrected chi connectivity index (χ2v) is 10.3. The molecule has 0 atom stereocenters. The Hall–Kier alpha value is -2.58. The zero-order valence-electron chi connectivity index (χ0n) is 16.5. The molecule has 1 aromatic carbocycles. The molecule has 0 amide bonds. The number of aromatic nitrogens is 2. The molecule has 1 N–H and O–H groups in total. The molecule has 0 unspecified atom stereocenters. The minimum atomic E-state index is -3.11. The van der Waals surface area contributed by atoms with Gasteiger partial charge < -0.3 is 5.32 Å². The Morgan fingerprint density at radius 1 is 1.00 bits per heavy atom. The molecule has 2 fully saturated rings. The molecule has 8 heteroatoms. The van der Waals surface area contributed by atoms with E-state index >= 15 is 0 Å². The first-order chi connectivity index (χ1) is 14.5. The van der Waals surface area contributed by atoms with E-state index in [-0.39, 0.29) is 11.3 Å². The summed E-state index contributed by atoms with van der Waals surface area (Å²) in [4.78, 5) is 7.90. The van der Waals surface area contributed by atoms with Crippen molar-refractivity contribution >= 4 is 26.5 Å². The van der Waals surface area contributed by atoms with E-state index in [1.165, 1.54) is 12.3 Å². The van der Waals surface area contributed by atoms with Crippen LogP contribution < -0.4 is 5.32 Å². The number of fused-ring (bicyclic) bond motifs is 1. The summed E-state index contributed by atoms with van der Waals surface area (Å²) in [6, 6.07) is 9.34. The van der Waals surface area contributed by atoms with Gasteiger partial charge in [0.15, 0.2) is 0 Å². The molecule has 0 radical (unpaired) electrons. The van der Waals surface area contributed by atoms with Gasteiger partial charge in [-0.1, -0.05) is 0 Å². The maximum Gasteiger partial charge on any atom is 0.216 e. The molecule has 156 valence electrons. The summed E-state index contributed by atoms with van der Waals surface area (Å²) in [5.41, 5.74) is 2.58. The molecule has 2 aliphatic rings. The van der Waals surface area contributed by atoms with Gasteiger partial charge in [0, 0.05) is 54.9 Å². The standard InChI is InChI=1S/C22H23FN4O2S/c23-22-13-15(4-8-25-22)17-11-16-3-7-24-14-20(16)21(12-17)26-18-5-9-27(10-6-18)30(28,29)19-1-2-19/h3-4,7-8,11-14,18-19,26H,1-2,5-6,9-10H2. The van der Waals surface area contributed by atoms with Crippen LogP contribution in [0.3, 0.4) is 0 Å². The molecular formula is C22H23FN4O2S. The first kappa shape index (κ1) is 19.4. The van der Waals surface area contributed by atoms with Crippen molar-refractivity contribution in [2.75, 3.05) is 18.4 Å². The predicted molar refractivity (Wildman–Crippen MR) is 115 cm³/mol. The quantitative estimate of drug-likeness (QED) is 0.628. The lowest BCUT2D eigenvalue weighted by Crippen LogP contribution is -2.43. The van der Waals surface area contributed by atoms with E-state index in [9.17, 15) is 12.8 Å². The molecule has 3 heterocycles. The largest absolute Gasteiger partial charge is 0.382 e. The van der Waals surface area contributed by atoms with Crippen LogP contribution in [0.5, 0.6) is 0 Å². The molecule has 0 spiro atoms. The predicted octanol–water partition coefficient (Wildman–Crippen LogP) is 3.80. The van der Waals surface area contributed by atoms with Crippen molar-refractivity contribution in [3.05, 3.63) is 54.9 Å². The molecule has 1 aliphatic carbocycles. The van der Waals surface area contributed by atoms with E-state index < -0.39 is 16.0 Å². The third kappa shape index (κ3) is 3.77. The molecule has 1 saturated carbocycles. The van der Waals surface area contributed by atoms with Crippen molar-refractivity contribution in [2.24, 2.45) is 0 Å². The van der Waals surface area contributed by atoms with Gasteiger partial charge >= 0.3 is 0 Å². The Balaban J connectivity index is 1.40. The van der Waals surface area contributed by atoms with Gasteiger partial charge in [-0.05, 0) is 66.5 Å². The van der Waals surface area contributed by atoms with Crippen LogP contribution in [-0.2, 0) is 10.0 Å². The Morgan fingerprint density at radius 2 is 1.80 bits per heavy atom. The summed E-state index contributed by atoms with van der Waals surface area (Å²) in [6.45, 7) is 1.09. The first-order valence-electron chi connectivity index (χ1n) is 10.3. The monoisotopic (exact) mass is 426 g/mol. The van der Waals surface area contributed by atoms with Gasteiger partial charge in [0.25, 0.3) is 0 Å². The number of nitrogens with zero attached hydrogens (tertiary/aromatic N) is 3. The van der Waals surface area contributed by atoms with E-state index in [0.29, 0.717) is 13.1 Å². The maximum atomic E-state index is 13.6. The highest BCUT2D eigenvalue weighted by molar-refractivity contribution is 7.90. The van der Waals surface area contributed by atoms with Crippen LogP contribution in [0.15, 0.2) is 48.9 Å². The molecule has 3 aromatic rings. The number of halogens is 1. The number of anilines is 1. The van der Waals surface area contributed by atoms with E-state index in [4.69, 9.17) is 0 Å². The lowest BCUT2D eigenvalue weighted by atomic mass is 10.00. The molecule has 30 heavy (non-hydrogen) atoms. The van der Waals surface area contributed by atoms with Crippen LogP contribution in [-0.4, -0.2) is 47.1 Å². The maximum absolute atomic E-state index is 13.6. The SMILES string of the molecule is O=S(=O)(C1CC1)N1CCC(Nc2cc(-c3ccnc(F)c3)cc3ccncc23)CC1. The van der Waals surface area contributed by atoms with Crippen LogP contribution in [0.4, 0.5) is 10.1 Å². The van der Waals surface area contributed by atoms with E-state index in [0.717, 1.165) is 53.3 Å². The molecule has 1 aliphatic heterocycles. The van der Waals surface area contributed by atoms with Crippen LogP contribution in [0.2, 0.25) is 0 Å². The summed E-state index contributed by atoms with van der Waals surface area (Å²) >= 11 is 0. The number of rotatable bonds is 5. The van der Waals surface area contributed by atoms with E-state index in [1.807, 2.05) is 24.4 Å². The van der Waals surface area contributed by atoms with Gasteiger partial charge in [-0.2, -0.15) is 4.39 Å². The second kappa shape index (κ2) is 7.59. The summed E-state index contributed by atoms with van der Waals surface area (Å²) in [5.74, 6) is -0.513. The van der Waals surface area contributed by atoms with Gasteiger partial charge in [0.1, 0.15) is 0 Å². The van der Waals surface area contributed by atoms with Gasteiger partial charge in [0.05, 0.1) is 5.25 Å². The normalized spacial score (nSPS) is 18.6. The smallest absolute Gasteiger partial charge is 0.216 e. The summed E-state index contributed by atoms with van der Waals surface area (Å²) in [5, 5.41) is 5.44. The highest BCUT2D eigenvalue weighted by Crippen LogP contribution is 2.34.